The van der Waals surface area contributed by atoms with E-state index in [1.807, 2.05) is 0 Å². The fourth-order valence-corrected chi connectivity index (χ4v) is 1.57. The molecule has 0 aromatic heterocycles. The maximum Gasteiger partial charge on any atom is 0.203 e. The van der Waals surface area contributed by atoms with E-state index in [4.69, 9.17) is 9.47 Å². The van der Waals surface area contributed by atoms with Crippen molar-refractivity contribution in [2.24, 2.45) is 0 Å². The van der Waals surface area contributed by atoms with Gasteiger partial charge in [-0.05, 0) is 26.0 Å². The summed E-state index contributed by atoms with van der Waals surface area (Å²) >= 11 is 0. The van der Waals surface area contributed by atoms with Crippen LogP contribution in [0.4, 0.5) is 4.39 Å². The van der Waals surface area contributed by atoms with Gasteiger partial charge in [0.05, 0.1) is 12.2 Å². The zero-order valence-corrected chi connectivity index (χ0v) is 9.96. The number of hydrogen-bond acceptors (Lipinski definition) is 3. The molecule has 0 amide bonds. The van der Waals surface area contributed by atoms with Gasteiger partial charge in [-0.2, -0.15) is 0 Å². The molecule has 0 radical (unpaired) electrons. The molecule has 1 heterocycles. The monoisotopic (exact) mass is 238 g/mol. The van der Waals surface area contributed by atoms with Gasteiger partial charge < -0.3 is 9.47 Å². The molecule has 0 saturated carbocycles. The molecule has 1 aliphatic heterocycles. The molecule has 0 fully saturated rings. The highest BCUT2D eigenvalue weighted by atomic mass is 19.1. The molecule has 0 unspecified atom stereocenters. The lowest BCUT2D eigenvalue weighted by Crippen LogP contribution is -2.16. The van der Waals surface area contributed by atoms with Crippen molar-refractivity contribution >= 4 is 5.78 Å². The van der Waals surface area contributed by atoms with Crippen LogP contribution >= 0.6 is 0 Å². The van der Waals surface area contributed by atoms with Crippen molar-refractivity contribution in [1.82, 2.24) is 0 Å². The molecule has 0 spiro atoms. The Bertz CT molecular complexity index is 435. The standard InChI is InChI=1S/C13H15FO3/c1-13(2,14)5-6-16-9-3-4-10-11(15)8-17-12(10)7-9/h3-4,7H,5-6,8H2,1-2H3. The van der Waals surface area contributed by atoms with Crippen LogP contribution in [0.3, 0.4) is 0 Å². The minimum absolute atomic E-state index is 0.0172. The first-order valence-electron chi connectivity index (χ1n) is 5.57. The molecule has 4 heteroatoms. The van der Waals surface area contributed by atoms with E-state index >= 15 is 0 Å². The van der Waals surface area contributed by atoms with Crippen molar-refractivity contribution < 1.29 is 18.7 Å². The van der Waals surface area contributed by atoms with Crippen molar-refractivity contribution in [1.29, 1.82) is 0 Å². The molecule has 3 nitrogen and oxygen atoms in total. The number of Topliss-reactive ketones (excluding diaryl/α,β-unsaturated/α-hetero) is 1. The van der Waals surface area contributed by atoms with Crippen LogP contribution in [0.2, 0.25) is 0 Å². The third-order valence-corrected chi connectivity index (χ3v) is 2.58. The van der Waals surface area contributed by atoms with Crippen LogP contribution in [-0.4, -0.2) is 24.7 Å². The molecule has 92 valence electrons. The molecule has 0 N–H and O–H groups in total. The Kier molecular flexibility index (Phi) is 3.05. The molecule has 17 heavy (non-hydrogen) atoms. The van der Waals surface area contributed by atoms with Gasteiger partial charge in [-0.25, -0.2) is 4.39 Å². The number of carbonyl (C=O) groups is 1. The van der Waals surface area contributed by atoms with Crippen molar-refractivity contribution in [3.8, 4) is 11.5 Å². The first-order chi connectivity index (χ1) is 7.96. The van der Waals surface area contributed by atoms with Crippen molar-refractivity contribution in [2.75, 3.05) is 13.2 Å². The average molecular weight is 238 g/mol. The number of benzene rings is 1. The summed E-state index contributed by atoms with van der Waals surface area (Å²) in [4.78, 5) is 11.3. The molecule has 0 saturated heterocycles. The Labute approximate surface area is 99.5 Å². The fourth-order valence-electron chi connectivity index (χ4n) is 1.57. The Hall–Kier alpha value is -1.58. The van der Waals surface area contributed by atoms with E-state index in [2.05, 4.69) is 0 Å². The maximum absolute atomic E-state index is 13.2. The Morgan fingerprint density at radius 3 is 2.94 bits per heavy atom. The lowest BCUT2D eigenvalue weighted by Gasteiger charge is -2.14. The first kappa shape index (κ1) is 11.9. The number of ether oxygens (including phenoxy) is 2. The summed E-state index contributed by atoms with van der Waals surface area (Å²) in [5.74, 6) is 1.13. The predicted octanol–water partition coefficient (Wildman–Crippen LogP) is 2.78. The summed E-state index contributed by atoms with van der Waals surface area (Å²) in [6.07, 6.45) is 0.323. The summed E-state index contributed by atoms with van der Waals surface area (Å²) < 4.78 is 23.8. The van der Waals surface area contributed by atoms with Crippen LogP contribution in [-0.2, 0) is 0 Å². The van der Waals surface area contributed by atoms with Gasteiger partial charge in [-0.3, -0.25) is 4.79 Å². The van der Waals surface area contributed by atoms with E-state index < -0.39 is 5.67 Å². The van der Waals surface area contributed by atoms with E-state index in [1.165, 1.54) is 13.8 Å². The van der Waals surface area contributed by atoms with Gasteiger partial charge in [0.2, 0.25) is 5.78 Å². The minimum atomic E-state index is -1.23. The SMILES string of the molecule is CC(C)(F)CCOc1ccc2c(c1)OCC2=O. The Balaban J connectivity index is 1.97. The van der Waals surface area contributed by atoms with Crippen molar-refractivity contribution in [2.45, 2.75) is 25.9 Å². The summed E-state index contributed by atoms with van der Waals surface area (Å²) in [6, 6.07) is 5.06. The molecule has 2 rings (SSSR count). The average Bonchev–Trinajstić information content (AvgIpc) is 2.58. The van der Waals surface area contributed by atoms with Gasteiger partial charge in [0.25, 0.3) is 0 Å². The molecular weight excluding hydrogens is 223 g/mol. The smallest absolute Gasteiger partial charge is 0.203 e. The predicted molar refractivity (Wildman–Crippen MR) is 61.6 cm³/mol. The molecule has 0 bridgehead atoms. The summed E-state index contributed by atoms with van der Waals surface area (Å²) in [5.41, 5.74) is -0.647. The second-order valence-corrected chi connectivity index (χ2v) is 4.69. The van der Waals surface area contributed by atoms with E-state index in [0.717, 1.165) is 0 Å². The third-order valence-electron chi connectivity index (χ3n) is 2.58. The van der Waals surface area contributed by atoms with E-state index in [9.17, 15) is 9.18 Å². The van der Waals surface area contributed by atoms with Gasteiger partial charge >= 0.3 is 0 Å². The Morgan fingerprint density at radius 1 is 1.47 bits per heavy atom. The lowest BCUT2D eigenvalue weighted by molar-refractivity contribution is 0.0961. The van der Waals surface area contributed by atoms with Crippen molar-refractivity contribution in [3.63, 3.8) is 0 Å². The third kappa shape index (κ3) is 2.96. The lowest BCUT2D eigenvalue weighted by atomic mass is 10.1. The van der Waals surface area contributed by atoms with Crippen molar-refractivity contribution in [3.05, 3.63) is 23.8 Å². The molecule has 0 atom stereocenters. The fraction of sp³-hybridized carbons (Fsp3) is 0.462. The van der Waals surface area contributed by atoms with Crippen LogP contribution in [0, 0.1) is 0 Å². The molecular formula is C13H15FO3. The number of hydrogen-bond donors (Lipinski definition) is 0. The van der Waals surface area contributed by atoms with Crippen LogP contribution < -0.4 is 9.47 Å². The number of rotatable bonds is 4. The topological polar surface area (TPSA) is 35.5 Å². The molecule has 0 aliphatic carbocycles. The van der Waals surface area contributed by atoms with E-state index in [-0.39, 0.29) is 12.4 Å². The molecule has 1 aromatic rings. The van der Waals surface area contributed by atoms with E-state index in [0.29, 0.717) is 30.1 Å². The highest BCUT2D eigenvalue weighted by Gasteiger charge is 2.21. The number of halogens is 1. The van der Waals surface area contributed by atoms with Gasteiger partial charge in [-0.15, -0.1) is 0 Å². The quantitative estimate of drug-likeness (QED) is 0.809. The van der Waals surface area contributed by atoms with Crippen LogP contribution in [0.5, 0.6) is 11.5 Å². The summed E-state index contributed by atoms with van der Waals surface area (Å²) in [6.45, 7) is 3.42. The van der Waals surface area contributed by atoms with Gasteiger partial charge in [0.1, 0.15) is 17.2 Å². The molecule has 1 aromatic carbocycles. The molecule has 1 aliphatic rings. The number of fused-ring (bicyclic) bond motifs is 1. The van der Waals surface area contributed by atoms with E-state index in [1.54, 1.807) is 18.2 Å². The number of alkyl halides is 1. The minimum Gasteiger partial charge on any atom is -0.493 e. The number of carbonyl (C=O) groups excluding carboxylic acids is 1. The normalized spacial score (nSPS) is 14.4. The highest BCUT2D eigenvalue weighted by Crippen LogP contribution is 2.29. The second kappa shape index (κ2) is 4.35. The zero-order chi connectivity index (χ0) is 12.5. The largest absolute Gasteiger partial charge is 0.493 e. The summed E-state index contributed by atoms with van der Waals surface area (Å²) in [7, 11) is 0. The maximum atomic E-state index is 13.2. The van der Waals surface area contributed by atoms with Gasteiger partial charge in [0.15, 0.2) is 6.61 Å². The zero-order valence-electron chi connectivity index (χ0n) is 9.96. The second-order valence-electron chi connectivity index (χ2n) is 4.69. The first-order valence-corrected chi connectivity index (χ1v) is 5.57. The van der Waals surface area contributed by atoms with Gasteiger partial charge in [0, 0.05) is 12.5 Å². The van der Waals surface area contributed by atoms with Crippen LogP contribution in [0.1, 0.15) is 30.6 Å². The van der Waals surface area contributed by atoms with Crippen LogP contribution in [0.25, 0.3) is 0 Å². The van der Waals surface area contributed by atoms with Gasteiger partial charge in [-0.1, -0.05) is 0 Å². The van der Waals surface area contributed by atoms with Crippen LogP contribution in [0.15, 0.2) is 18.2 Å². The summed E-state index contributed by atoms with van der Waals surface area (Å²) in [5, 5.41) is 0. The highest BCUT2D eigenvalue weighted by molar-refractivity contribution is 6.02. The number of ketones is 1. The Morgan fingerprint density at radius 2 is 2.24 bits per heavy atom.